The summed E-state index contributed by atoms with van der Waals surface area (Å²) >= 11 is 1.67. The highest BCUT2D eigenvalue weighted by molar-refractivity contribution is 7.10. The number of aromatic nitrogens is 2. The molecular weight excluding hydrogens is 454 g/mol. The number of nitrogens with two attached hydrogens (primary N) is 1. The first kappa shape index (κ1) is 28.3. The highest BCUT2D eigenvalue weighted by atomic mass is 32.1. The molecule has 0 aliphatic rings. The molecule has 0 spiro atoms. The quantitative estimate of drug-likeness (QED) is 0.260. The number of allylic oxidation sites excluding steroid dienone is 1. The minimum atomic E-state index is -0.162. The van der Waals surface area contributed by atoms with Gasteiger partial charge in [-0.2, -0.15) is 0 Å². The normalized spacial score (nSPS) is 12.4. The Morgan fingerprint density at radius 1 is 1.26 bits per heavy atom. The predicted molar refractivity (Wildman–Crippen MR) is 150 cm³/mol. The molecule has 0 saturated carbocycles. The Morgan fingerprint density at radius 3 is 2.60 bits per heavy atom. The number of amidine groups is 1. The van der Waals surface area contributed by atoms with Crippen LogP contribution in [0.2, 0.25) is 0 Å². The van der Waals surface area contributed by atoms with Gasteiger partial charge in [-0.15, -0.1) is 11.3 Å². The number of H-pyrrole nitrogens is 1. The zero-order valence-electron chi connectivity index (χ0n) is 22.3. The van der Waals surface area contributed by atoms with Crippen molar-refractivity contribution >= 4 is 34.1 Å². The highest BCUT2D eigenvalue weighted by Crippen LogP contribution is 2.25. The molecule has 1 amide bonds. The molecule has 0 atom stereocenters. The van der Waals surface area contributed by atoms with E-state index in [0.29, 0.717) is 11.5 Å². The van der Waals surface area contributed by atoms with Gasteiger partial charge in [0, 0.05) is 46.2 Å². The van der Waals surface area contributed by atoms with Gasteiger partial charge in [-0.1, -0.05) is 48.0 Å². The van der Waals surface area contributed by atoms with Crippen molar-refractivity contribution in [2.45, 2.75) is 73.6 Å². The molecule has 0 aliphatic heterocycles. The maximum atomic E-state index is 12.7. The van der Waals surface area contributed by atoms with Crippen LogP contribution in [0.5, 0.6) is 0 Å². The molecule has 0 saturated heterocycles. The van der Waals surface area contributed by atoms with Gasteiger partial charge in [0.1, 0.15) is 11.5 Å². The summed E-state index contributed by atoms with van der Waals surface area (Å²) < 4.78 is 0. The summed E-state index contributed by atoms with van der Waals surface area (Å²) in [6, 6.07) is 4.21. The second-order valence-corrected chi connectivity index (χ2v) is 10.5. The van der Waals surface area contributed by atoms with Gasteiger partial charge in [0.2, 0.25) is 0 Å². The molecule has 0 bridgehead atoms. The van der Waals surface area contributed by atoms with Gasteiger partial charge >= 0.3 is 0 Å². The molecular formula is C28H41N5OS. The molecule has 190 valence electrons. The highest BCUT2D eigenvalue weighted by Gasteiger charge is 2.19. The zero-order chi connectivity index (χ0) is 26.0. The maximum Gasteiger partial charge on any atom is 0.257 e. The molecule has 0 aromatic carbocycles. The lowest BCUT2D eigenvalue weighted by atomic mass is 9.92. The lowest BCUT2D eigenvalue weighted by Gasteiger charge is -2.19. The van der Waals surface area contributed by atoms with Crippen molar-refractivity contribution in [3.8, 4) is 0 Å². The molecule has 7 heteroatoms. The number of unbranched alkanes of at least 4 members (excludes halogenated alkanes) is 1. The number of pyridine rings is 1. The Labute approximate surface area is 214 Å². The van der Waals surface area contributed by atoms with Crippen LogP contribution in [0.3, 0.4) is 0 Å². The summed E-state index contributed by atoms with van der Waals surface area (Å²) in [6.45, 7) is 12.5. The molecule has 0 unspecified atom stereocenters. The predicted octanol–water partition coefficient (Wildman–Crippen LogP) is 6.43. The number of fused-ring (bicyclic) bond motifs is 1. The third-order valence-corrected chi connectivity index (χ3v) is 7.01. The minimum Gasteiger partial charge on any atom is -0.401 e. The number of thiophene rings is 1. The van der Waals surface area contributed by atoms with Crippen LogP contribution >= 0.6 is 11.3 Å². The lowest BCUT2D eigenvalue weighted by molar-refractivity contribution is 0.0976. The van der Waals surface area contributed by atoms with E-state index in [0.717, 1.165) is 43.3 Å². The van der Waals surface area contributed by atoms with E-state index in [4.69, 9.17) is 5.73 Å². The monoisotopic (exact) mass is 495 g/mol. The first-order valence-corrected chi connectivity index (χ1v) is 13.3. The SMILES string of the molecule is CCCCc1c(C(=O)NC(/C=C(\N)C(C)(C)C)=NC)csc1CC.CCc1cnc2[nH]ccc2c1. The van der Waals surface area contributed by atoms with E-state index >= 15 is 0 Å². The van der Waals surface area contributed by atoms with E-state index in [2.05, 4.69) is 47.1 Å². The molecule has 0 fully saturated rings. The van der Waals surface area contributed by atoms with E-state index in [-0.39, 0.29) is 11.3 Å². The maximum absolute atomic E-state index is 12.7. The summed E-state index contributed by atoms with van der Waals surface area (Å²) in [5, 5.41) is 6.06. The minimum absolute atomic E-state index is 0.101. The fourth-order valence-corrected chi connectivity index (χ4v) is 4.45. The third kappa shape index (κ3) is 8.06. The van der Waals surface area contributed by atoms with Crippen LogP contribution in [0.1, 0.15) is 80.7 Å². The summed E-state index contributed by atoms with van der Waals surface area (Å²) in [6.07, 6.45) is 10.7. The molecule has 0 radical (unpaired) electrons. The van der Waals surface area contributed by atoms with Gasteiger partial charge < -0.3 is 16.0 Å². The van der Waals surface area contributed by atoms with Crippen LogP contribution in [0, 0.1) is 5.41 Å². The molecule has 0 aliphatic carbocycles. The molecule has 3 aromatic heterocycles. The molecule has 4 N–H and O–H groups in total. The van der Waals surface area contributed by atoms with Crippen molar-refractivity contribution in [2.24, 2.45) is 16.1 Å². The van der Waals surface area contributed by atoms with Crippen LogP contribution in [0.4, 0.5) is 0 Å². The van der Waals surface area contributed by atoms with E-state index < -0.39 is 0 Å². The number of carbonyl (C=O) groups excluding carboxylic acids is 1. The Kier molecular flexibility index (Phi) is 10.7. The summed E-state index contributed by atoms with van der Waals surface area (Å²) in [4.78, 5) is 25.5. The Bertz CT molecular complexity index is 1160. The number of carbonyl (C=O) groups is 1. The molecule has 3 rings (SSSR count). The van der Waals surface area contributed by atoms with E-state index in [9.17, 15) is 4.79 Å². The first-order valence-electron chi connectivity index (χ1n) is 12.4. The van der Waals surface area contributed by atoms with Crippen molar-refractivity contribution in [1.29, 1.82) is 0 Å². The number of amides is 1. The lowest BCUT2D eigenvalue weighted by Crippen LogP contribution is -2.31. The van der Waals surface area contributed by atoms with Crippen molar-refractivity contribution in [3.05, 3.63) is 63.2 Å². The van der Waals surface area contributed by atoms with Crippen molar-refractivity contribution in [3.63, 3.8) is 0 Å². The first-order chi connectivity index (χ1) is 16.6. The molecule has 3 heterocycles. The number of aliphatic imine (C=N–C) groups is 1. The second kappa shape index (κ2) is 13.2. The smallest absolute Gasteiger partial charge is 0.257 e. The van der Waals surface area contributed by atoms with Gasteiger partial charge in [0.25, 0.3) is 5.91 Å². The number of aromatic amines is 1. The summed E-state index contributed by atoms with van der Waals surface area (Å²) in [7, 11) is 1.66. The van der Waals surface area contributed by atoms with E-state index in [1.54, 1.807) is 24.5 Å². The van der Waals surface area contributed by atoms with E-state index in [1.165, 1.54) is 21.4 Å². The fourth-order valence-electron chi connectivity index (χ4n) is 3.42. The van der Waals surface area contributed by atoms with Gasteiger partial charge in [-0.25, -0.2) is 4.98 Å². The fraction of sp³-hybridized carbons (Fsp3) is 0.464. The van der Waals surface area contributed by atoms with Crippen LogP contribution in [0.25, 0.3) is 11.0 Å². The largest absolute Gasteiger partial charge is 0.401 e. The number of hydrogen-bond donors (Lipinski definition) is 3. The third-order valence-electron chi connectivity index (χ3n) is 5.83. The number of hydrogen-bond acceptors (Lipinski definition) is 5. The van der Waals surface area contributed by atoms with Crippen LogP contribution in [-0.2, 0) is 19.3 Å². The average molecular weight is 496 g/mol. The number of aryl methyl sites for hydroxylation is 2. The topological polar surface area (TPSA) is 96.2 Å². The van der Waals surface area contributed by atoms with Gasteiger partial charge in [0.15, 0.2) is 0 Å². The number of rotatable bonds is 7. The van der Waals surface area contributed by atoms with E-state index in [1.807, 2.05) is 44.6 Å². The molecule has 3 aromatic rings. The van der Waals surface area contributed by atoms with Crippen LogP contribution in [-0.4, -0.2) is 28.8 Å². The molecule has 35 heavy (non-hydrogen) atoms. The number of nitrogens with zero attached hydrogens (tertiary/aromatic N) is 2. The van der Waals surface area contributed by atoms with Crippen molar-refractivity contribution in [1.82, 2.24) is 15.3 Å². The van der Waals surface area contributed by atoms with Crippen molar-refractivity contribution < 1.29 is 4.79 Å². The van der Waals surface area contributed by atoms with Crippen LogP contribution < -0.4 is 11.1 Å². The van der Waals surface area contributed by atoms with Gasteiger partial charge in [-0.05, 0) is 55.0 Å². The summed E-state index contributed by atoms with van der Waals surface area (Å²) in [5.41, 5.74) is 10.8. The average Bonchev–Trinajstić information content (AvgIpc) is 3.47. The Morgan fingerprint density at radius 2 is 2.00 bits per heavy atom. The Balaban J connectivity index is 0.000000322. The summed E-state index contributed by atoms with van der Waals surface area (Å²) in [5.74, 6) is 0.397. The van der Waals surface area contributed by atoms with Crippen LogP contribution in [0.15, 0.2) is 46.7 Å². The second-order valence-electron chi connectivity index (χ2n) is 9.53. The zero-order valence-corrected chi connectivity index (χ0v) is 23.1. The molecule has 6 nitrogen and oxygen atoms in total. The van der Waals surface area contributed by atoms with Gasteiger partial charge in [0.05, 0.1) is 5.56 Å². The number of nitrogens with one attached hydrogen (secondary N) is 2. The van der Waals surface area contributed by atoms with Crippen molar-refractivity contribution in [2.75, 3.05) is 7.05 Å². The Hall–Kier alpha value is -2.93. The van der Waals surface area contributed by atoms with Gasteiger partial charge in [-0.3, -0.25) is 9.79 Å². The standard InChI is InChI=1S/C19H31N3OS.C9H10N2/c1-7-9-10-13-14(12-24-15(13)8-2)18(23)22-17(21-6)11-16(20)19(3,4)5;1-2-7-5-8-3-4-10-9(8)11-6-7/h11-12H,7-10,20H2,1-6H3,(H,21,22,23);3-6H,2H2,1H3,(H,10,11)/b16-11-;.